The predicted molar refractivity (Wildman–Crippen MR) is 159 cm³/mol. The van der Waals surface area contributed by atoms with Crippen LogP contribution in [0.2, 0.25) is 0 Å². The third-order valence-electron chi connectivity index (χ3n) is 9.62. The Morgan fingerprint density at radius 2 is 1.63 bits per heavy atom. The number of nitrogens with one attached hydrogen (secondary N) is 2. The highest BCUT2D eigenvalue weighted by Gasteiger charge is 2.34. The Morgan fingerprint density at radius 1 is 0.927 bits per heavy atom. The van der Waals surface area contributed by atoms with E-state index in [1.54, 1.807) is 29.5 Å². The average molecular weight is 562 g/mol. The maximum Gasteiger partial charge on any atom is 0.334 e. The number of rotatable bonds is 2. The van der Waals surface area contributed by atoms with E-state index < -0.39 is 22.6 Å². The van der Waals surface area contributed by atoms with Gasteiger partial charge in [0.15, 0.2) is 0 Å². The van der Waals surface area contributed by atoms with Gasteiger partial charge in [0.2, 0.25) is 11.6 Å². The van der Waals surface area contributed by atoms with E-state index in [1.807, 2.05) is 17.1 Å². The molecule has 2 aromatic heterocycles. The minimum atomic E-state index is -1.15. The molecule has 7 rings (SSSR count). The Bertz CT molecular complexity index is 1560. The van der Waals surface area contributed by atoms with E-state index in [1.165, 1.54) is 32.1 Å². The van der Waals surface area contributed by atoms with Crippen molar-refractivity contribution in [1.29, 1.82) is 0 Å². The van der Waals surface area contributed by atoms with Gasteiger partial charge >= 0.3 is 5.69 Å². The van der Waals surface area contributed by atoms with Crippen LogP contribution >= 0.6 is 0 Å². The third kappa shape index (κ3) is 6.08. The molecule has 3 unspecified atom stereocenters. The second kappa shape index (κ2) is 12.6. The molecule has 0 amide bonds. The number of aromatic amines is 1. The van der Waals surface area contributed by atoms with Crippen LogP contribution in [0.5, 0.6) is 0 Å². The lowest BCUT2D eigenvalue weighted by molar-refractivity contribution is 0.133. The van der Waals surface area contributed by atoms with Crippen molar-refractivity contribution in [3.05, 3.63) is 67.5 Å². The minimum absolute atomic E-state index is 0.0472. The molecule has 4 aliphatic rings. The number of benzene rings is 1. The molecule has 9 heteroatoms. The molecular formula is C32H40FN5O3. The lowest BCUT2D eigenvalue weighted by Crippen LogP contribution is -2.50. The lowest BCUT2D eigenvalue weighted by atomic mass is 9.67. The first kappa shape index (κ1) is 29.0. The zero-order valence-corrected chi connectivity index (χ0v) is 23.7. The Labute approximate surface area is 239 Å². The number of fused-ring (bicyclic) bond motifs is 5. The molecule has 0 radical (unpaired) electrons. The number of halogens is 1. The Hall–Kier alpha value is -3.51. The van der Waals surface area contributed by atoms with E-state index in [0.29, 0.717) is 23.1 Å². The van der Waals surface area contributed by atoms with Crippen molar-refractivity contribution >= 4 is 11.0 Å². The minimum Gasteiger partial charge on any atom is -0.311 e. The molecule has 3 aromatic rings. The molecule has 8 nitrogen and oxygen atoms in total. The summed E-state index contributed by atoms with van der Waals surface area (Å²) in [6.07, 6.45) is 22.9. The molecule has 2 aliphatic heterocycles. The van der Waals surface area contributed by atoms with Crippen LogP contribution in [0.25, 0.3) is 16.9 Å². The molecule has 4 heterocycles. The van der Waals surface area contributed by atoms with Crippen LogP contribution in [0, 0.1) is 36.4 Å². The summed E-state index contributed by atoms with van der Waals surface area (Å²) in [5.74, 6) is 1.94. The zero-order chi connectivity index (χ0) is 29.1. The van der Waals surface area contributed by atoms with Crippen molar-refractivity contribution in [2.75, 3.05) is 0 Å². The summed E-state index contributed by atoms with van der Waals surface area (Å²) < 4.78 is 16.3. The van der Waals surface area contributed by atoms with E-state index in [9.17, 15) is 18.8 Å². The molecular weight excluding hydrogens is 521 g/mol. The fraction of sp³-hybridized carbons (Fsp3) is 0.562. The van der Waals surface area contributed by atoms with E-state index in [2.05, 4.69) is 30.1 Å². The van der Waals surface area contributed by atoms with Crippen LogP contribution in [0.4, 0.5) is 4.39 Å². The van der Waals surface area contributed by atoms with Crippen molar-refractivity contribution in [3.8, 4) is 18.7 Å². The molecule has 6 atom stereocenters. The van der Waals surface area contributed by atoms with Crippen molar-refractivity contribution in [2.45, 2.75) is 95.7 Å². The maximum absolute atomic E-state index is 13.9. The highest BCUT2D eigenvalue weighted by Crippen LogP contribution is 2.42. The van der Waals surface area contributed by atoms with Crippen LogP contribution < -0.4 is 22.1 Å². The fourth-order valence-corrected chi connectivity index (χ4v) is 7.56. The van der Waals surface area contributed by atoms with E-state index in [4.69, 9.17) is 0 Å². The Morgan fingerprint density at radius 3 is 2.37 bits per heavy atom. The second-order valence-electron chi connectivity index (χ2n) is 12.2. The summed E-state index contributed by atoms with van der Waals surface area (Å²) in [6.45, 7) is 2.45. The van der Waals surface area contributed by atoms with Crippen molar-refractivity contribution < 1.29 is 4.39 Å². The number of para-hydroxylation sites is 2. The van der Waals surface area contributed by atoms with Gasteiger partial charge in [-0.3, -0.25) is 14.6 Å². The monoisotopic (exact) mass is 561 g/mol. The number of terminal acetylenes is 1. The lowest BCUT2D eigenvalue weighted by Gasteiger charge is -2.41. The predicted octanol–water partition coefficient (Wildman–Crippen LogP) is 4.69. The summed E-state index contributed by atoms with van der Waals surface area (Å²) in [6, 6.07) is 7.88. The van der Waals surface area contributed by atoms with E-state index in [-0.39, 0.29) is 11.9 Å². The van der Waals surface area contributed by atoms with Gasteiger partial charge in [-0.1, -0.05) is 57.6 Å². The van der Waals surface area contributed by atoms with Gasteiger partial charge in [-0.15, -0.1) is 12.8 Å². The van der Waals surface area contributed by atoms with Crippen LogP contribution in [0.1, 0.15) is 83.6 Å². The van der Waals surface area contributed by atoms with Crippen LogP contribution in [0.15, 0.2) is 44.8 Å². The number of piperidine rings is 2. The standard InChI is InChI=1S/C20H20FN5O3.C10H18.C2H2/c21-14-10-25(20(29)24-18(14)27)17-19(28)26(16-7-2-1-6-15(16)23-17)13-8-11-4-3-5-12(9-13)22-11;1-8-5-6-9-3-2-4-10(8)7-9;1-2/h1-2,6-7,10-13,22H,3-5,8-9H2,(H,24,27,29);8-10H,2-7H2,1H3;1-2H/t11-,12+,13?;8?,9-,10?;/m.0./s1. The van der Waals surface area contributed by atoms with E-state index >= 15 is 0 Å². The van der Waals surface area contributed by atoms with Crippen molar-refractivity contribution in [3.63, 3.8) is 0 Å². The summed E-state index contributed by atoms with van der Waals surface area (Å²) in [5, 5.41) is 3.61. The first-order valence-electron chi connectivity index (χ1n) is 15.0. The number of hydrogen-bond donors (Lipinski definition) is 2. The summed E-state index contributed by atoms with van der Waals surface area (Å²) in [5.41, 5.74) is -1.28. The Kier molecular flexibility index (Phi) is 8.88. The van der Waals surface area contributed by atoms with Gasteiger partial charge in [-0.05, 0) is 62.0 Å². The van der Waals surface area contributed by atoms with Gasteiger partial charge < -0.3 is 9.88 Å². The Balaban J connectivity index is 0.000000235. The molecule has 2 saturated carbocycles. The number of nitrogens with zero attached hydrogens (tertiary/aromatic N) is 3. The number of aromatic nitrogens is 4. The topological polar surface area (TPSA) is 102 Å². The van der Waals surface area contributed by atoms with Gasteiger partial charge in [0.25, 0.3) is 11.1 Å². The smallest absolute Gasteiger partial charge is 0.311 e. The van der Waals surface area contributed by atoms with Gasteiger partial charge in [0.1, 0.15) is 0 Å². The third-order valence-corrected chi connectivity index (χ3v) is 9.62. The molecule has 2 saturated heterocycles. The molecule has 2 aliphatic carbocycles. The SMILES string of the molecule is C#C.CC1CC[C@@H]2CCCC1C2.O=c1[nH]c(=O)n(-c2nc3ccccc3n(C3C[C@H]4CCC[C@@H](C3)N4)c2=O)cc1F. The van der Waals surface area contributed by atoms with Gasteiger partial charge in [-0.25, -0.2) is 14.3 Å². The maximum atomic E-state index is 13.9. The van der Waals surface area contributed by atoms with Gasteiger partial charge in [0, 0.05) is 18.1 Å². The molecule has 0 spiro atoms. The second-order valence-corrected chi connectivity index (χ2v) is 12.2. The highest BCUT2D eigenvalue weighted by atomic mass is 19.1. The number of hydrogen-bond acceptors (Lipinski definition) is 5. The van der Waals surface area contributed by atoms with Crippen molar-refractivity contribution in [2.24, 2.45) is 17.8 Å². The quantitative estimate of drug-likeness (QED) is 0.442. The van der Waals surface area contributed by atoms with E-state index in [0.717, 1.165) is 54.2 Å². The van der Waals surface area contributed by atoms with Crippen LogP contribution in [-0.2, 0) is 0 Å². The molecule has 41 heavy (non-hydrogen) atoms. The number of H-pyrrole nitrogens is 1. The highest BCUT2D eigenvalue weighted by molar-refractivity contribution is 5.75. The zero-order valence-electron chi connectivity index (χ0n) is 23.7. The molecule has 2 N–H and O–H groups in total. The van der Waals surface area contributed by atoms with Crippen LogP contribution in [-0.4, -0.2) is 31.2 Å². The largest absolute Gasteiger partial charge is 0.334 e. The normalized spacial score (nSPS) is 28.5. The first-order valence-corrected chi connectivity index (χ1v) is 15.0. The summed E-state index contributed by atoms with van der Waals surface area (Å²) >= 11 is 0. The summed E-state index contributed by atoms with van der Waals surface area (Å²) in [4.78, 5) is 43.3. The molecule has 1 aromatic carbocycles. The van der Waals surface area contributed by atoms with Crippen LogP contribution in [0.3, 0.4) is 0 Å². The van der Waals surface area contributed by atoms with Gasteiger partial charge in [-0.2, -0.15) is 4.39 Å². The molecule has 218 valence electrons. The van der Waals surface area contributed by atoms with Crippen molar-refractivity contribution in [1.82, 2.24) is 24.4 Å². The fourth-order valence-electron chi connectivity index (χ4n) is 7.56. The van der Waals surface area contributed by atoms with Gasteiger partial charge in [0.05, 0.1) is 17.2 Å². The summed E-state index contributed by atoms with van der Waals surface area (Å²) in [7, 11) is 0. The average Bonchev–Trinajstić information content (AvgIpc) is 2.98. The molecule has 4 fully saturated rings. The first-order chi connectivity index (χ1) is 19.9. The molecule has 4 bridgehead atoms.